The number of anilines is 2. The molecule has 0 saturated carbocycles. The Balaban J connectivity index is 1.77. The Hall–Kier alpha value is -2.86. The normalized spacial score (nSPS) is 11.5. The van der Waals surface area contributed by atoms with Crippen LogP contribution in [0.3, 0.4) is 0 Å². The number of nitrogens with one attached hydrogen (secondary N) is 3. The third-order valence-electron chi connectivity index (χ3n) is 3.71. The average molecular weight is 356 g/mol. The molecule has 0 aliphatic rings. The smallest absolute Gasteiger partial charge is 0.279 e. The van der Waals surface area contributed by atoms with Crippen LogP contribution in [0.4, 0.5) is 11.4 Å². The first-order valence-corrected chi connectivity index (χ1v) is 8.67. The third kappa shape index (κ3) is 6.57. The van der Waals surface area contributed by atoms with Gasteiger partial charge in [-0.25, -0.2) is 0 Å². The highest BCUT2D eigenvalue weighted by molar-refractivity contribution is 5.93. The van der Waals surface area contributed by atoms with E-state index in [1.807, 2.05) is 57.3 Å². The standard InChI is InChI=1S/C20H25N3O3/c1-4-26-18-11-9-17(10-12-18)22-20(25)14-23(3)13-19(24)21-16-7-5-15(2)6-8-16/h5-12H,4,13-14H2,1-3H3,(H,21,24)(H,22,25)/p+1. The maximum absolute atomic E-state index is 12.1. The maximum atomic E-state index is 12.1. The Morgan fingerprint density at radius 2 is 1.35 bits per heavy atom. The highest BCUT2D eigenvalue weighted by atomic mass is 16.5. The molecule has 2 aromatic carbocycles. The number of ether oxygens (including phenoxy) is 1. The molecule has 6 heteroatoms. The zero-order chi connectivity index (χ0) is 18.9. The minimum absolute atomic E-state index is 0.125. The van der Waals surface area contributed by atoms with Gasteiger partial charge < -0.3 is 20.3 Å². The molecule has 0 heterocycles. The molecule has 2 aromatic rings. The lowest BCUT2D eigenvalue weighted by molar-refractivity contribution is -0.862. The van der Waals surface area contributed by atoms with Gasteiger partial charge in [-0.05, 0) is 50.2 Å². The fourth-order valence-corrected chi connectivity index (χ4v) is 2.46. The molecule has 1 unspecified atom stereocenters. The number of carbonyl (C=O) groups excluding carboxylic acids is 2. The van der Waals surface area contributed by atoms with Gasteiger partial charge in [-0.3, -0.25) is 9.59 Å². The molecule has 0 aliphatic carbocycles. The van der Waals surface area contributed by atoms with Crippen molar-refractivity contribution in [2.75, 3.05) is 37.4 Å². The van der Waals surface area contributed by atoms with Crippen molar-refractivity contribution >= 4 is 23.2 Å². The number of benzene rings is 2. The highest BCUT2D eigenvalue weighted by Gasteiger charge is 2.14. The lowest BCUT2D eigenvalue weighted by Crippen LogP contribution is -3.11. The topological polar surface area (TPSA) is 71.9 Å². The van der Waals surface area contributed by atoms with E-state index in [1.165, 1.54) is 0 Å². The second-order valence-corrected chi connectivity index (χ2v) is 6.23. The van der Waals surface area contributed by atoms with Crippen LogP contribution < -0.4 is 20.3 Å². The van der Waals surface area contributed by atoms with E-state index in [0.717, 1.165) is 21.9 Å². The Bertz CT molecular complexity index is 727. The quantitative estimate of drug-likeness (QED) is 0.671. The van der Waals surface area contributed by atoms with E-state index >= 15 is 0 Å². The van der Waals surface area contributed by atoms with Crippen LogP contribution >= 0.6 is 0 Å². The molecular formula is C20H26N3O3+. The first-order chi connectivity index (χ1) is 12.5. The SMILES string of the molecule is CCOc1ccc(NC(=O)C[NH+](C)CC(=O)Nc2ccc(C)cc2)cc1. The van der Waals surface area contributed by atoms with E-state index in [2.05, 4.69) is 10.6 Å². The van der Waals surface area contributed by atoms with E-state index in [0.29, 0.717) is 12.3 Å². The molecule has 3 N–H and O–H groups in total. The molecule has 0 aromatic heterocycles. The summed E-state index contributed by atoms with van der Waals surface area (Å²) in [4.78, 5) is 25.0. The largest absolute Gasteiger partial charge is 0.494 e. The van der Waals surface area contributed by atoms with Crippen molar-refractivity contribution in [2.45, 2.75) is 13.8 Å². The molecule has 0 saturated heterocycles. The fraction of sp³-hybridized carbons (Fsp3) is 0.300. The van der Waals surface area contributed by atoms with Crippen LogP contribution in [0, 0.1) is 6.92 Å². The van der Waals surface area contributed by atoms with Crippen molar-refractivity contribution in [2.24, 2.45) is 0 Å². The molecule has 2 rings (SSSR count). The van der Waals surface area contributed by atoms with Crippen molar-refractivity contribution in [1.29, 1.82) is 0 Å². The first-order valence-electron chi connectivity index (χ1n) is 8.67. The summed E-state index contributed by atoms with van der Waals surface area (Å²) in [6, 6.07) is 14.8. The Morgan fingerprint density at radius 1 is 0.885 bits per heavy atom. The van der Waals surface area contributed by atoms with E-state index < -0.39 is 0 Å². The molecule has 6 nitrogen and oxygen atoms in total. The van der Waals surface area contributed by atoms with Crippen LogP contribution in [0.5, 0.6) is 5.75 Å². The number of aryl methyl sites for hydroxylation is 1. The van der Waals surface area contributed by atoms with Crippen LogP contribution in [-0.2, 0) is 9.59 Å². The number of hydrogen-bond donors (Lipinski definition) is 3. The number of quaternary nitrogens is 1. The van der Waals surface area contributed by atoms with Crippen LogP contribution in [0.25, 0.3) is 0 Å². The van der Waals surface area contributed by atoms with Crippen molar-refractivity contribution in [3.05, 3.63) is 54.1 Å². The summed E-state index contributed by atoms with van der Waals surface area (Å²) in [6.07, 6.45) is 0. The van der Waals surface area contributed by atoms with Crippen LogP contribution in [0.2, 0.25) is 0 Å². The molecule has 1 atom stereocenters. The van der Waals surface area contributed by atoms with Crippen molar-refractivity contribution in [3.63, 3.8) is 0 Å². The van der Waals surface area contributed by atoms with Gasteiger partial charge in [0.2, 0.25) is 0 Å². The predicted molar refractivity (Wildman–Crippen MR) is 103 cm³/mol. The molecule has 26 heavy (non-hydrogen) atoms. The van der Waals surface area contributed by atoms with Crippen molar-refractivity contribution < 1.29 is 19.2 Å². The second kappa shape index (κ2) is 9.58. The number of likely N-dealkylation sites (N-methyl/N-ethyl adjacent to an activating group) is 1. The van der Waals surface area contributed by atoms with Gasteiger partial charge in [-0.1, -0.05) is 17.7 Å². The van der Waals surface area contributed by atoms with Crippen LogP contribution in [0.15, 0.2) is 48.5 Å². The second-order valence-electron chi connectivity index (χ2n) is 6.23. The summed E-state index contributed by atoms with van der Waals surface area (Å²) in [7, 11) is 1.81. The zero-order valence-electron chi connectivity index (χ0n) is 15.5. The third-order valence-corrected chi connectivity index (χ3v) is 3.71. The van der Waals surface area contributed by atoms with Gasteiger partial charge in [0.15, 0.2) is 13.1 Å². The van der Waals surface area contributed by atoms with Gasteiger partial charge in [-0.2, -0.15) is 0 Å². The monoisotopic (exact) mass is 356 g/mol. The van der Waals surface area contributed by atoms with Gasteiger partial charge in [0, 0.05) is 11.4 Å². The van der Waals surface area contributed by atoms with Crippen molar-refractivity contribution in [3.8, 4) is 5.75 Å². The minimum atomic E-state index is -0.144. The lowest BCUT2D eigenvalue weighted by atomic mass is 10.2. The summed E-state index contributed by atoms with van der Waals surface area (Å²) in [5, 5.41) is 5.66. The van der Waals surface area contributed by atoms with Gasteiger partial charge in [-0.15, -0.1) is 0 Å². The summed E-state index contributed by atoms with van der Waals surface area (Å²) in [5.74, 6) is 0.496. The molecule has 0 spiro atoms. The molecule has 0 fully saturated rings. The van der Waals surface area contributed by atoms with Crippen LogP contribution in [0.1, 0.15) is 12.5 Å². The highest BCUT2D eigenvalue weighted by Crippen LogP contribution is 2.15. The van der Waals surface area contributed by atoms with E-state index in [-0.39, 0.29) is 24.9 Å². The number of rotatable bonds is 8. The molecule has 0 radical (unpaired) electrons. The summed E-state index contributed by atoms with van der Waals surface area (Å²) >= 11 is 0. The Morgan fingerprint density at radius 3 is 1.81 bits per heavy atom. The maximum Gasteiger partial charge on any atom is 0.279 e. The zero-order valence-corrected chi connectivity index (χ0v) is 15.5. The van der Waals surface area contributed by atoms with Crippen LogP contribution in [-0.4, -0.2) is 38.6 Å². The minimum Gasteiger partial charge on any atom is -0.494 e. The van der Waals surface area contributed by atoms with Crippen molar-refractivity contribution in [1.82, 2.24) is 0 Å². The molecule has 138 valence electrons. The van der Waals surface area contributed by atoms with Gasteiger partial charge >= 0.3 is 0 Å². The van der Waals surface area contributed by atoms with E-state index in [1.54, 1.807) is 12.1 Å². The number of hydrogen-bond acceptors (Lipinski definition) is 3. The fourth-order valence-electron chi connectivity index (χ4n) is 2.46. The molecular weight excluding hydrogens is 330 g/mol. The summed E-state index contributed by atoms with van der Waals surface area (Å²) in [6.45, 7) is 4.93. The molecule has 2 amide bonds. The average Bonchev–Trinajstić information content (AvgIpc) is 2.58. The van der Waals surface area contributed by atoms with Gasteiger partial charge in [0.05, 0.1) is 13.7 Å². The number of amides is 2. The summed E-state index contributed by atoms with van der Waals surface area (Å²) < 4.78 is 5.37. The predicted octanol–water partition coefficient (Wildman–Crippen LogP) is 1.49. The van der Waals surface area contributed by atoms with Gasteiger partial charge in [0.25, 0.3) is 11.8 Å². The first kappa shape index (κ1) is 19.5. The number of carbonyl (C=O) groups is 2. The van der Waals surface area contributed by atoms with E-state index in [9.17, 15) is 9.59 Å². The molecule has 0 bridgehead atoms. The van der Waals surface area contributed by atoms with E-state index in [4.69, 9.17) is 4.74 Å². The van der Waals surface area contributed by atoms with Gasteiger partial charge in [0.1, 0.15) is 5.75 Å². The Kier molecular flexibility index (Phi) is 7.17. The summed E-state index contributed by atoms with van der Waals surface area (Å²) in [5.41, 5.74) is 2.60. The lowest BCUT2D eigenvalue weighted by Gasteiger charge is -2.14. The Labute approximate surface area is 154 Å². The molecule has 0 aliphatic heterocycles.